The normalized spacial score (nSPS) is 11.8. The lowest BCUT2D eigenvalue weighted by atomic mass is 10.4. The predicted octanol–water partition coefficient (Wildman–Crippen LogP) is 3.07. The molecule has 0 aromatic rings. The molecule has 96 valence electrons. The third-order valence-corrected chi connectivity index (χ3v) is 4.02. The Morgan fingerprint density at radius 3 is 2.00 bits per heavy atom. The van der Waals surface area contributed by atoms with Crippen molar-refractivity contribution in [2.75, 3.05) is 13.2 Å². The van der Waals surface area contributed by atoms with Crippen LogP contribution in [-0.4, -0.2) is 29.0 Å². The first-order valence-electron chi connectivity index (χ1n) is 6.58. The molecule has 0 radical (unpaired) electrons. The SMILES string of the molecule is C=C(C)[SiH2]CC(OCCCC)OCCCC. The topological polar surface area (TPSA) is 18.5 Å². The Morgan fingerprint density at radius 1 is 1.12 bits per heavy atom. The van der Waals surface area contributed by atoms with Crippen molar-refractivity contribution in [1.82, 2.24) is 0 Å². The molecule has 0 aliphatic heterocycles. The average molecular weight is 244 g/mol. The van der Waals surface area contributed by atoms with Gasteiger partial charge in [-0.05, 0) is 25.8 Å². The van der Waals surface area contributed by atoms with Crippen LogP contribution in [0.1, 0.15) is 46.5 Å². The molecule has 0 spiro atoms. The highest BCUT2D eigenvalue weighted by Crippen LogP contribution is 2.06. The molecule has 0 saturated carbocycles. The fourth-order valence-corrected chi connectivity index (χ4v) is 2.36. The van der Waals surface area contributed by atoms with Crippen LogP contribution in [0.3, 0.4) is 0 Å². The van der Waals surface area contributed by atoms with Crippen molar-refractivity contribution < 1.29 is 9.47 Å². The Bertz CT molecular complexity index is 161. The lowest BCUT2D eigenvalue weighted by Crippen LogP contribution is -2.20. The summed E-state index contributed by atoms with van der Waals surface area (Å²) >= 11 is 0. The highest BCUT2D eigenvalue weighted by Gasteiger charge is 2.09. The zero-order valence-electron chi connectivity index (χ0n) is 11.3. The molecule has 0 N–H and O–H groups in total. The van der Waals surface area contributed by atoms with E-state index in [4.69, 9.17) is 9.47 Å². The summed E-state index contributed by atoms with van der Waals surface area (Å²) in [5, 5.41) is 1.34. The number of hydrogen-bond donors (Lipinski definition) is 0. The van der Waals surface area contributed by atoms with Crippen LogP contribution in [0.4, 0.5) is 0 Å². The molecule has 0 aromatic carbocycles. The molecule has 0 atom stereocenters. The molecule has 16 heavy (non-hydrogen) atoms. The van der Waals surface area contributed by atoms with E-state index in [0.29, 0.717) is 0 Å². The van der Waals surface area contributed by atoms with Crippen molar-refractivity contribution in [2.24, 2.45) is 0 Å². The summed E-state index contributed by atoms with van der Waals surface area (Å²) in [6.07, 6.45) is 4.64. The van der Waals surface area contributed by atoms with Crippen molar-refractivity contribution in [3.63, 3.8) is 0 Å². The molecule has 3 heteroatoms. The Hall–Kier alpha value is -0.123. The van der Waals surface area contributed by atoms with Crippen molar-refractivity contribution in [1.29, 1.82) is 0 Å². The molecule has 0 unspecified atom stereocenters. The lowest BCUT2D eigenvalue weighted by Gasteiger charge is -2.18. The number of hydrogen-bond acceptors (Lipinski definition) is 2. The fraction of sp³-hybridized carbons (Fsp3) is 0.846. The minimum Gasteiger partial charge on any atom is -0.353 e. The molecule has 0 amide bonds. The van der Waals surface area contributed by atoms with Gasteiger partial charge in [0.15, 0.2) is 6.29 Å². The first-order chi connectivity index (χ1) is 7.70. The number of rotatable bonds is 11. The quantitative estimate of drug-likeness (QED) is 0.316. The maximum atomic E-state index is 5.75. The zero-order chi connectivity index (χ0) is 12.2. The standard InChI is InChI=1S/C13H28O2Si/c1-5-7-9-14-13(11-16-12(3)4)15-10-8-6-2/h13H,3,5-11,16H2,1-2,4H3. The fourth-order valence-electron chi connectivity index (χ4n) is 1.30. The van der Waals surface area contributed by atoms with E-state index < -0.39 is 0 Å². The Balaban J connectivity index is 3.71. The third kappa shape index (κ3) is 10.4. The van der Waals surface area contributed by atoms with Gasteiger partial charge >= 0.3 is 0 Å². The molecule has 0 aliphatic carbocycles. The van der Waals surface area contributed by atoms with Crippen LogP contribution < -0.4 is 0 Å². The highest BCUT2D eigenvalue weighted by atomic mass is 28.2. The van der Waals surface area contributed by atoms with E-state index in [2.05, 4.69) is 27.4 Å². The van der Waals surface area contributed by atoms with Crippen LogP contribution in [0.5, 0.6) is 0 Å². The van der Waals surface area contributed by atoms with E-state index in [1.807, 2.05) is 0 Å². The van der Waals surface area contributed by atoms with Gasteiger partial charge in [0, 0.05) is 13.2 Å². The average Bonchev–Trinajstić information content (AvgIpc) is 2.25. The van der Waals surface area contributed by atoms with E-state index in [1.54, 1.807) is 0 Å². The summed E-state index contributed by atoms with van der Waals surface area (Å²) in [6, 6.07) is 1.07. The lowest BCUT2D eigenvalue weighted by molar-refractivity contribution is -0.131. The smallest absolute Gasteiger partial charge is 0.155 e. The minimum absolute atomic E-state index is 0.0291. The van der Waals surface area contributed by atoms with Crippen LogP contribution >= 0.6 is 0 Å². The number of unbranched alkanes of at least 4 members (excludes halogenated alkanes) is 2. The van der Waals surface area contributed by atoms with Gasteiger partial charge in [0.05, 0.1) is 9.52 Å². The van der Waals surface area contributed by atoms with Crippen molar-refractivity contribution >= 4 is 9.52 Å². The van der Waals surface area contributed by atoms with Gasteiger partial charge in [-0.15, -0.1) is 6.58 Å². The summed E-state index contributed by atoms with van der Waals surface area (Å²) in [7, 11) is -0.214. The second-order valence-electron chi connectivity index (χ2n) is 4.37. The molecule has 0 rings (SSSR count). The molecular formula is C13H28O2Si. The maximum Gasteiger partial charge on any atom is 0.155 e. The number of allylic oxidation sites excluding steroid dienone is 1. The summed E-state index contributed by atoms with van der Waals surface area (Å²) in [4.78, 5) is 0. The van der Waals surface area contributed by atoms with Crippen LogP contribution in [0.2, 0.25) is 6.04 Å². The summed E-state index contributed by atoms with van der Waals surface area (Å²) < 4.78 is 11.5. The van der Waals surface area contributed by atoms with Crippen LogP contribution in [0.15, 0.2) is 11.8 Å². The highest BCUT2D eigenvalue weighted by molar-refractivity contribution is 6.44. The Morgan fingerprint density at radius 2 is 1.62 bits per heavy atom. The van der Waals surface area contributed by atoms with Crippen LogP contribution in [-0.2, 0) is 9.47 Å². The molecule has 0 aromatic heterocycles. The first-order valence-corrected chi connectivity index (χ1v) is 8.29. The van der Waals surface area contributed by atoms with Crippen molar-refractivity contribution in [3.8, 4) is 0 Å². The first kappa shape index (κ1) is 15.9. The molecule has 0 bridgehead atoms. The molecule has 2 nitrogen and oxygen atoms in total. The third-order valence-electron chi connectivity index (χ3n) is 2.41. The molecular weight excluding hydrogens is 216 g/mol. The van der Waals surface area contributed by atoms with Crippen molar-refractivity contribution in [2.45, 2.75) is 58.8 Å². The van der Waals surface area contributed by atoms with E-state index in [0.717, 1.165) is 32.1 Å². The van der Waals surface area contributed by atoms with Gasteiger partial charge < -0.3 is 9.47 Å². The minimum atomic E-state index is -0.214. The van der Waals surface area contributed by atoms with E-state index in [-0.39, 0.29) is 15.8 Å². The Kier molecular flexibility index (Phi) is 11.3. The van der Waals surface area contributed by atoms with E-state index in [1.165, 1.54) is 18.0 Å². The van der Waals surface area contributed by atoms with Gasteiger partial charge in [-0.3, -0.25) is 0 Å². The van der Waals surface area contributed by atoms with Gasteiger partial charge in [-0.25, -0.2) is 0 Å². The van der Waals surface area contributed by atoms with Gasteiger partial charge in [0.1, 0.15) is 0 Å². The monoisotopic (exact) mass is 244 g/mol. The zero-order valence-corrected chi connectivity index (χ0v) is 12.7. The summed E-state index contributed by atoms with van der Waals surface area (Å²) in [6.45, 7) is 12.1. The van der Waals surface area contributed by atoms with Crippen molar-refractivity contribution in [3.05, 3.63) is 11.8 Å². The molecule has 0 aliphatic rings. The molecule has 0 heterocycles. The molecule has 0 fully saturated rings. The van der Waals surface area contributed by atoms with Gasteiger partial charge in [-0.2, -0.15) is 0 Å². The van der Waals surface area contributed by atoms with Crippen LogP contribution in [0, 0.1) is 0 Å². The summed E-state index contributed by atoms with van der Waals surface area (Å²) in [5.74, 6) is 0. The van der Waals surface area contributed by atoms with Gasteiger partial charge in [-0.1, -0.05) is 31.9 Å². The van der Waals surface area contributed by atoms with E-state index in [9.17, 15) is 0 Å². The predicted molar refractivity (Wildman–Crippen MR) is 73.7 cm³/mol. The second kappa shape index (κ2) is 11.4. The van der Waals surface area contributed by atoms with Gasteiger partial charge in [0.25, 0.3) is 0 Å². The van der Waals surface area contributed by atoms with E-state index >= 15 is 0 Å². The summed E-state index contributed by atoms with van der Waals surface area (Å²) in [5.41, 5.74) is 0. The molecule has 0 saturated heterocycles. The van der Waals surface area contributed by atoms with Crippen LogP contribution in [0.25, 0.3) is 0 Å². The largest absolute Gasteiger partial charge is 0.353 e. The maximum absolute atomic E-state index is 5.75. The number of ether oxygens (including phenoxy) is 2. The second-order valence-corrected chi connectivity index (χ2v) is 6.66. The Labute approximate surface area is 103 Å². The van der Waals surface area contributed by atoms with Gasteiger partial charge in [0.2, 0.25) is 0 Å².